The monoisotopic (exact) mass is 309 g/mol. The molecule has 2 aliphatic rings. The average molecular weight is 309 g/mol. The van der Waals surface area contributed by atoms with Crippen LogP contribution < -0.4 is 10.7 Å². The number of nitrogens with zero attached hydrogens (tertiary/aromatic N) is 1. The van der Waals surface area contributed by atoms with Gasteiger partial charge >= 0.3 is 0 Å². The van der Waals surface area contributed by atoms with Gasteiger partial charge in [0, 0.05) is 16.8 Å². The first-order chi connectivity index (χ1) is 10.6. The van der Waals surface area contributed by atoms with Gasteiger partial charge in [-0.2, -0.15) is 5.10 Å². The standard InChI is InChI=1S/C17H15N3OS/c1-10-3-6-12(7-4-10)15-19-20-17(22-15)13-9-11(2)5-8-14(13)18-16(17)21/h3-9,20H,1-2H3,(H,18,21). The first-order valence-electron chi connectivity index (χ1n) is 7.12. The van der Waals surface area contributed by atoms with Crippen LogP contribution >= 0.6 is 11.8 Å². The summed E-state index contributed by atoms with van der Waals surface area (Å²) in [5, 5.41) is 8.20. The van der Waals surface area contributed by atoms with Crippen LogP contribution in [-0.2, 0) is 9.67 Å². The number of anilines is 1. The van der Waals surface area contributed by atoms with Crippen LogP contribution in [0.25, 0.3) is 0 Å². The van der Waals surface area contributed by atoms with E-state index in [0.717, 1.165) is 27.4 Å². The van der Waals surface area contributed by atoms with Crippen molar-refractivity contribution >= 4 is 28.4 Å². The lowest BCUT2D eigenvalue weighted by Crippen LogP contribution is -2.39. The highest BCUT2D eigenvalue weighted by Gasteiger charge is 2.51. The molecule has 2 aromatic rings. The van der Waals surface area contributed by atoms with Crippen LogP contribution in [0.5, 0.6) is 0 Å². The summed E-state index contributed by atoms with van der Waals surface area (Å²) in [6.45, 7) is 4.08. The summed E-state index contributed by atoms with van der Waals surface area (Å²) in [5.41, 5.74) is 8.23. The molecule has 22 heavy (non-hydrogen) atoms. The van der Waals surface area contributed by atoms with Crippen LogP contribution in [-0.4, -0.2) is 11.0 Å². The van der Waals surface area contributed by atoms with Gasteiger partial charge in [-0.3, -0.25) is 10.2 Å². The van der Waals surface area contributed by atoms with Crippen molar-refractivity contribution in [1.82, 2.24) is 5.43 Å². The predicted molar refractivity (Wildman–Crippen MR) is 89.9 cm³/mol. The molecule has 1 unspecified atom stereocenters. The van der Waals surface area contributed by atoms with Crippen LogP contribution in [0.4, 0.5) is 5.69 Å². The highest BCUT2D eigenvalue weighted by Crippen LogP contribution is 2.48. The van der Waals surface area contributed by atoms with Crippen molar-refractivity contribution in [3.63, 3.8) is 0 Å². The third-order valence-corrected chi connectivity index (χ3v) is 5.31. The lowest BCUT2D eigenvalue weighted by Gasteiger charge is -2.20. The Morgan fingerprint density at radius 3 is 2.55 bits per heavy atom. The minimum atomic E-state index is -0.846. The normalized spacial score (nSPS) is 22.3. The zero-order valence-corrected chi connectivity index (χ0v) is 13.1. The minimum Gasteiger partial charge on any atom is -0.323 e. The van der Waals surface area contributed by atoms with Crippen molar-refractivity contribution in [1.29, 1.82) is 0 Å². The van der Waals surface area contributed by atoms with Crippen molar-refractivity contribution in [3.8, 4) is 0 Å². The number of carbonyl (C=O) groups excluding carboxylic acids is 1. The van der Waals surface area contributed by atoms with Crippen molar-refractivity contribution < 1.29 is 4.79 Å². The Bertz CT molecular complexity index is 813. The Morgan fingerprint density at radius 2 is 1.77 bits per heavy atom. The number of fused-ring (bicyclic) bond motifs is 2. The van der Waals surface area contributed by atoms with Gasteiger partial charge in [-0.15, -0.1) is 0 Å². The second-order valence-electron chi connectivity index (χ2n) is 5.68. The molecular formula is C17H15N3OS. The van der Waals surface area contributed by atoms with Gasteiger partial charge in [-0.25, -0.2) is 0 Å². The van der Waals surface area contributed by atoms with Crippen LogP contribution in [0.3, 0.4) is 0 Å². The number of nitrogens with one attached hydrogen (secondary N) is 2. The lowest BCUT2D eigenvalue weighted by molar-refractivity contribution is -0.118. The number of rotatable bonds is 1. The van der Waals surface area contributed by atoms with E-state index in [1.807, 2.05) is 37.3 Å². The van der Waals surface area contributed by atoms with Gasteiger partial charge in [0.15, 0.2) is 0 Å². The van der Waals surface area contributed by atoms with Gasteiger partial charge in [0.2, 0.25) is 4.87 Å². The van der Waals surface area contributed by atoms with Crippen molar-refractivity contribution in [3.05, 3.63) is 64.7 Å². The summed E-state index contributed by atoms with van der Waals surface area (Å²) in [7, 11) is 0. The van der Waals surface area contributed by atoms with E-state index in [4.69, 9.17) is 0 Å². The second kappa shape index (κ2) is 4.61. The van der Waals surface area contributed by atoms with Crippen LogP contribution in [0.2, 0.25) is 0 Å². The van der Waals surface area contributed by atoms with E-state index in [-0.39, 0.29) is 5.91 Å². The molecule has 0 aliphatic carbocycles. The van der Waals surface area contributed by atoms with Gasteiger partial charge in [0.25, 0.3) is 5.91 Å². The fraction of sp³-hybridized carbons (Fsp3) is 0.176. The number of hydrogen-bond acceptors (Lipinski definition) is 4. The number of benzene rings is 2. The topological polar surface area (TPSA) is 53.5 Å². The first-order valence-corrected chi connectivity index (χ1v) is 7.94. The third kappa shape index (κ3) is 1.85. The molecule has 1 amide bonds. The van der Waals surface area contributed by atoms with E-state index in [0.29, 0.717) is 0 Å². The first kappa shape index (κ1) is 13.4. The van der Waals surface area contributed by atoms with E-state index in [9.17, 15) is 4.79 Å². The quantitative estimate of drug-likeness (QED) is 0.851. The molecule has 2 aliphatic heterocycles. The molecule has 4 nitrogen and oxygen atoms in total. The van der Waals surface area contributed by atoms with E-state index >= 15 is 0 Å². The number of aryl methyl sites for hydroxylation is 2. The molecule has 110 valence electrons. The number of hydrazone groups is 1. The Hall–Kier alpha value is -2.27. The van der Waals surface area contributed by atoms with Gasteiger partial charge in [0.1, 0.15) is 5.04 Å². The number of thioether (sulfide) groups is 1. The molecule has 2 heterocycles. The smallest absolute Gasteiger partial charge is 0.267 e. The predicted octanol–water partition coefficient (Wildman–Crippen LogP) is 3.11. The molecule has 0 aromatic heterocycles. The third-order valence-electron chi connectivity index (χ3n) is 3.99. The maximum atomic E-state index is 12.5. The Labute approximate surface area is 133 Å². The molecule has 4 rings (SSSR count). The van der Waals surface area contributed by atoms with Crippen molar-refractivity contribution in [2.24, 2.45) is 5.10 Å². The molecule has 0 fully saturated rings. The molecule has 0 radical (unpaired) electrons. The highest BCUT2D eigenvalue weighted by molar-refractivity contribution is 8.16. The maximum Gasteiger partial charge on any atom is 0.267 e. The van der Waals surface area contributed by atoms with E-state index < -0.39 is 4.87 Å². The summed E-state index contributed by atoms with van der Waals surface area (Å²) in [6.07, 6.45) is 0. The number of carbonyl (C=O) groups is 1. The highest BCUT2D eigenvalue weighted by atomic mass is 32.2. The average Bonchev–Trinajstić information content (AvgIpc) is 3.06. The molecule has 1 spiro atoms. The molecule has 2 N–H and O–H groups in total. The Kier molecular flexibility index (Phi) is 2.81. The lowest BCUT2D eigenvalue weighted by atomic mass is 10.1. The SMILES string of the molecule is Cc1ccc(C2=NNC3(S2)C(=O)Nc2ccc(C)cc23)cc1. The van der Waals surface area contributed by atoms with Gasteiger partial charge in [0.05, 0.1) is 0 Å². The number of amides is 1. The zero-order valence-electron chi connectivity index (χ0n) is 12.3. The summed E-state index contributed by atoms with van der Waals surface area (Å²) < 4.78 is 0. The summed E-state index contributed by atoms with van der Waals surface area (Å²) in [5.74, 6) is -0.0658. The second-order valence-corrected chi connectivity index (χ2v) is 6.88. The van der Waals surface area contributed by atoms with E-state index in [1.54, 1.807) is 0 Å². The Morgan fingerprint density at radius 1 is 1.05 bits per heavy atom. The van der Waals surface area contributed by atoms with Crippen molar-refractivity contribution in [2.45, 2.75) is 18.7 Å². The fourth-order valence-electron chi connectivity index (χ4n) is 2.74. The minimum absolute atomic E-state index is 0.0658. The summed E-state index contributed by atoms with van der Waals surface area (Å²) in [4.78, 5) is 11.7. The van der Waals surface area contributed by atoms with Crippen LogP contribution in [0.15, 0.2) is 47.6 Å². The van der Waals surface area contributed by atoms with Gasteiger partial charge in [-0.1, -0.05) is 59.3 Å². The van der Waals surface area contributed by atoms with Crippen molar-refractivity contribution in [2.75, 3.05) is 5.32 Å². The molecular weight excluding hydrogens is 294 g/mol. The molecule has 2 aromatic carbocycles. The molecule has 0 bridgehead atoms. The van der Waals surface area contributed by atoms with E-state index in [1.165, 1.54) is 17.3 Å². The Balaban J connectivity index is 1.73. The van der Waals surface area contributed by atoms with Crippen LogP contribution in [0, 0.1) is 13.8 Å². The summed E-state index contributed by atoms with van der Waals surface area (Å²) in [6, 6.07) is 14.2. The maximum absolute atomic E-state index is 12.5. The fourth-order valence-corrected chi connectivity index (χ4v) is 3.89. The van der Waals surface area contributed by atoms with Gasteiger partial charge in [-0.05, 0) is 19.9 Å². The summed E-state index contributed by atoms with van der Waals surface area (Å²) >= 11 is 1.47. The van der Waals surface area contributed by atoms with Gasteiger partial charge < -0.3 is 5.32 Å². The molecule has 5 heteroatoms. The largest absolute Gasteiger partial charge is 0.323 e. The molecule has 1 atom stereocenters. The number of hydrogen-bond donors (Lipinski definition) is 2. The van der Waals surface area contributed by atoms with Crippen LogP contribution in [0.1, 0.15) is 22.3 Å². The van der Waals surface area contributed by atoms with E-state index in [2.05, 4.69) is 34.9 Å². The molecule has 0 saturated carbocycles. The molecule has 0 saturated heterocycles. The zero-order chi connectivity index (χ0) is 15.3.